The van der Waals surface area contributed by atoms with Gasteiger partial charge in [0.05, 0.1) is 18.0 Å². The fourth-order valence-electron chi connectivity index (χ4n) is 3.66. The van der Waals surface area contributed by atoms with E-state index in [1.54, 1.807) is 24.3 Å². The minimum Gasteiger partial charge on any atom is -0.381 e. The third-order valence-corrected chi connectivity index (χ3v) is 6.73. The molecule has 1 unspecified atom stereocenters. The Morgan fingerprint density at radius 1 is 1.29 bits per heavy atom. The maximum Gasteiger partial charge on any atom is 0.240 e. The number of likely N-dealkylation sites (tertiary alicyclic amines) is 1. The van der Waals surface area contributed by atoms with Crippen molar-refractivity contribution >= 4 is 40.0 Å². The van der Waals surface area contributed by atoms with Gasteiger partial charge in [-0.25, -0.2) is 13.1 Å². The van der Waals surface area contributed by atoms with E-state index < -0.39 is 10.0 Å². The quantitative estimate of drug-likeness (QED) is 0.259. The number of sulfonamides is 1. The second kappa shape index (κ2) is 10.2. The van der Waals surface area contributed by atoms with Gasteiger partial charge >= 0.3 is 0 Å². The minimum atomic E-state index is -3.49. The molecule has 2 N–H and O–H groups in total. The second-order valence-electron chi connectivity index (χ2n) is 7.42. The van der Waals surface area contributed by atoms with E-state index in [1.807, 2.05) is 13.8 Å². The molecule has 7 nitrogen and oxygen atoms in total. The predicted molar refractivity (Wildman–Crippen MR) is 122 cm³/mol. The highest BCUT2D eigenvalue weighted by Gasteiger charge is 2.42. The van der Waals surface area contributed by atoms with E-state index in [0.717, 1.165) is 57.2 Å². The zero-order valence-electron chi connectivity index (χ0n) is 16.6. The van der Waals surface area contributed by atoms with Gasteiger partial charge in [0, 0.05) is 38.2 Å². The van der Waals surface area contributed by atoms with Gasteiger partial charge < -0.3 is 15.0 Å². The number of nitrogens with one attached hydrogen (secondary N) is 2. The molecular weight excluding hydrogens is 491 g/mol. The highest BCUT2D eigenvalue weighted by molar-refractivity contribution is 14.0. The molecule has 0 bridgehead atoms. The van der Waals surface area contributed by atoms with Gasteiger partial charge in [-0.3, -0.25) is 4.99 Å². The minimum absolute atomic E-state index is 0. The summed E-state index contributed by atoms with van der Waals surface area (Å²) in [7, 11) is -3.49. The van der Waals surface area contributed by atoms with Crippen LogP contribution in [0.4, 0.5) is 0 Å². The lowest BCUT2D eigenvalue weighted by Gasteiger charge is -2.25. The van der Waals surface area contributed by atoms with Crippen LogP contribution in [0.15, 0.2) is 34.2 Å². The van der Waals surface area contributed by atoms with E-state index in [4.69, 9.17) is 4.74 Å². The van der Waals surface area contributed by atoms with E-state index >= 15 is 0 Å². The maximum absolute atomic E-state index is 12.3. The smallest absolute Gasteiger partial charge is 0.240 e. The molecule has 0 radical (unpaired) electrons. The number of hydrogen-bond acceptors (Lipinski definition) is 4. The van der Waals surface area contributed by atoms with Crippen molar-refractivity contribution in [3.63, 3.8) is 0 Å². The second-order valence-corrected chi connectivity index (χ2v) is 9.19. The molecule has 0 amide bonds. The third kappa shape index (κ3) is 5.80. The molecule has 1 aromatic rings. The molecular formula is C19H31IN4O3S. The number of ether oxygens (including phenoxy) is 1. The number of halogens is 1. The van der Waals surface area contributed by atoms with Crippen molar-refractivity contribution < 1.29 is 13.2 Å². The van der Waals surface area contributed by atoms with Crippen LogP contribution in [0.5, 0.6) is 0 Å². The molecule has 2 fully saturated rings. The Labute approximate surface area is 185 Å². The van der Waals surface area contributed by atoms with Crippen molar-refractivity contribution in [2.24, 2.45) is 10.4 Å². The number of rotatable bonds is 6. The number of nitrogens with zero attached hydrogens (tertiary/aromatic N) is 2. The number of aliphatic imine (C=N–C) groups is 1. The van der Waals surface area contributed by atoms with Gasteiger partial charge in [-0.05, 0) is 38.8 Å². The van der Waals surface area contributed by atoms with E-state index in [9.17, 15) is 8.42 Å². The molecule has 0 aromatic heterocycles. The van der Waals surface area contributed by atoms with Crippen molar-refractivity contribution in [1.29, 1.82) is 0 Å². The summed E-state index contributed by atoms with van der Waals surface area (Å²) in [4.78, 5) is 7.18. The Balaban J connectivity index is 0.00000280. The molecule has 0 aliphatic carbocycles. The molecule has 28 heavy (non-hydrogen) atoms. The Morgan fingerprint density at radius 3 is 2.68 bits per heavy atom. The highest BCUT2D eigenvalue weighted by Crippen LogP contribution is 2.38. The van der Waals surface area contributed by atoms with Crippen molar-refractivity contribution in [2.45, 2.75) is 31.6 Å². The van der Waals surface area contributed by atoms with Crippen molar-refractivity contribution in [3.05, 3.63) is 29.8 Å². The molecule has 1 atom stereocenters. The van der Waals surface area contributed by atoms with Crippen LogP contribution in [0, 0.1) is 12.3 Å². The lowest BCUT2D eigenvalue weighted by molar-refractivity contribution is 0.156. The molecule has 158 valence electrons. The Hall–Kier alpha value is -0.910. The van der Waals surface area contributed by atoms with Gasteiger partial charge in [-0.15, -0.1) is 24.0 Å². The SMILES string of the molecule is CCNC(=NCCNS(=O)(=O)c1ccc(C)cc1)N1CCC2(CCOC2)C1.I. The lowest BCUT2D eigenvalue weighted by atomic mass is 9.87. The van der Waals surface area contributed by atoms with Crippen LogP contribution in [-0.4, -0.2) is 65.2 Å². The molecule has 1 spiro atoms. The fraction of sp³-hybridized carbons (Fsp3) is 0.632. The van der Waals surface area contributed by atoms with Crippen LogP contribution < -0.4 is 10.0 Å². The van der Waals surface area contributed by atoms with Crippen LogP contribution >= 0.6 is 24.0 Å². The van der Waals surface area contributed by atoms with Gasteiger partial charge in [0.25, 0.3) is 0 Å². The molecule has 2 saturated heterocycles. The first-order valence-electron chi connectivity index (χ1n) is 9.61. The van der Waals surface area contributed by atoms with E-state index in [0.29, 0.717) is 6.54 Å². The summed E-state index contributed by atoms with van der Waals surface area (Å²) in [6.45, 7) is 9.02. The fourth-order valence-corrected chi connectivity index (χ4v) is 4.68. The van der Waals surface area contributed by atoms with Crippen LogP contribution in [0.25, 0.3) is 0 Å². The Bertz CT molecular complexity index is 762. The summed E-state index contributed by atoms with van der Waals surface area (Å²) >= 11 is 0. The summed E-state index contributed by atoms with van der Waals surface area (Å²) in [6, 6.07) is 6.84. The van der Waals surface area contributed by atoms with Crippen LogP contribution in [0.2, 0.25) is 0 Å². The summed E-state index contributed by atoms with van der Waals surface area (Å²) in [5.41, 5.74) is 1.30. The third-order valence-electron chi connectivity index (χ3n) is 5.25. The first kappa shape index (κ1) is 23.4. The maximum atomic E-state index is 12.3. The number of guanidine groups is 1. The predicted octanol–water partition coefficient (Wildman–Crippen LogP) is 1.97. The van der Waals surface area contributed by atoms with Crippen molar-refractivity contribution in [1.82, 2.24) is 14.9 Å². The lowest BCUT2D eigenvalue weighted by Crippen LogP contribution is -2.42. The summed E-state index contributed by atoms with van der Waals surface area (Å²) in [5.74, 6) is 0.857. The average molecular weight is 522 g/mol. The first-order valence-corrected chi connectivity index (χ1v) is 11.1. The molecule has 9 heteroatoms. The molecule has 2 heterocycles. The van der Waals surface area contributed by atoms with Gasteiger partial charge in [0.1, 0.15) is 0 Å². The first-order chi connectivity index (χ1) is 12.9. The van der Waals surface area contributed by atoms with Crippen LogP contribution in [0.1, 0.15) is 25.3 Å². The van der Waals surface area contributed by atoms with Gasteiger partial charge in [-0.2, -0.15) is 0 Å². The summed E-state index contributed by atoms with van der Waals surface area (Å²) in [5, 5.41) is 3.32. The Kier molecular flexibility index (Phi) is 8.53. The summed E-state index contributed by atoms with van der Waals surface area (Å²) < 4.78 is 32.9. The summed E-state index contributed by atoms with van der Waals surface area (Å²) in [6.07, 6.45) is 2.23. The van der Waals surface area contributed by atoms with Crippen LogP contribution in [-0.2, 0) is 14.8 Å². The normalized spacial score (nSPS) is 22.5. The number of aryl methyl sites for hydroxylation is 1. The molecule has 0 saturated carbocycles. The largest absolute Gasteiger partial charge is 0.381 e. The number of hydrogen-bond donors (Lipinski definition) is 2. The molecule has 1 aromatic carbocycles. The van der Waals surface area contributed by atoms with E-state index in [1.165, 1.54) is 0 Å². The van der Waals surface area contributed by atoms with Gasteiger partial charge in [0.15, 0.2) is 5.96 Å². The Morgan fingerprint density at radius 2 is 2.04 bits per heavy atom. The monoisotopic (exact) mass is 522 g/mol. The molecule has 2 aliphatic rings. The van der Waals surface area contributed by atoms with Crippen molar-refractivity contribution in [2.75, 3.05) is 45.9 Å². The zero-order valence-corrected chi connectivity index (χ0v) is 19.8. The molecule has 2 aliphatic heterocycles. The highest BCUT2D eigenvalue weighted by atomic mass is 127. The number of benzene rings is 1. The standard InChI is InChI=1S/C19H30N4O3S.HI/c1-3-20-18(23-12-8-19(14-23)9-13-26-15-19)21-10-11-22-27(24,25)17-6-4-16(2)5-7-17;/h4-7,22H,3,8-15H2,1-2H3,(H,20,21);1H. The topological polar surface area (TPSA) is 83.0 Å². The average Bonchev–Trinajstić information content (AvgIpc) is 3.28. The zero-order chi connectivity index (χ0) is 19.3. The van der Waals surface area contributed by atoms with Gasteiger partial charge in [0.2, 0.25) is 10.0 Å². The van der Waals surface area contributed by atoms with E-state index in [-0.39, 0.29) is 40.8 Å². The molecule has 3 rings (SSSR count). The van der Waals surface area contributed by atoms with Crippen LogP contribution in [0.3, 0.4) is 0 Å². The van der Waals surface area contributed by atoms with Crippen molar-refractivity contribution in [3.8, 4) is 0 Å². The van der Waals surface area contributed by atoms with Gasteiger partial charge in [-0.1, -0.05) is 17.7 Å². The van der Waals surface area contributed by atoms with E-state index in [2.05, 4.69) is 19.9 Å².